The summed E-state index contributed by atoms with van der Waals surface area (Å²) in [7, 11) is 0. The predicted octanol–water partition coefficient (Wildman–Crippen LogP) is 3.42. The topological polar surface area (TPSA) is 38.8 Å². The molecule has 0 bridgehead atoms. The first-order valence-electron chi connectivity index (χ1n) is 7.28. The standard InChI is InChI=1S/C15H28O3/c1-6-7-8-17-13(16)9-12(10(2)3)15-14(18-15)11(4)5/h10-12,14-15H,6-9H2,1-5H3. The maximum absolute atomic E-state index is 11.8. The third-order valence-electron chi connectivity index (χ3n) is 3.66. The first-order valence-corrected chi connectivity index (χ1v) is 7.28. The van der Waals surface area contributed by atoms with Gasteiger partial charge >= 0.3 is 5.97 Å². The van der Waals surface area contributed by atoms with Crippen LogP contribution in [0, 0.1) is 17.8 Å². The largest absolute Gasteiger partial charge is 0.466 e. The Kier molecular flexibility index (Phi) is 6.13. The van der Waals surface area contributed by atoms with Crippen LogP contribution in [0.1, 0.15) is 53.9 Å². The van der Waals surface area contributed by atoms with Crippen LogP contribution in [-0.4, -0.2) is 24.8 Å². The number of carbonyl (C=O) groups excluding carboxylic acids is 1. The molecular formula is C15H28O3. The molecule has 3 atom stereocenters. The number of ether oxygens (including phenoxy) is 2. The van der Waals surface area contributed by atoms with Gasteiger partial charge in [0.05, 0.1) is 25.2 Å². The van der Waals surface area contributed by atoms with Gasteiger partial charge in [0, 0.05) is 5.92 Å². The number of esters is 1. The van der Waals surface area contributed by atoms with Gasteiger partial charge in [-0.1, -0.05) is 41.0 Å². The van der Waals surface area contributed by atoms with Gasteiger partial charge in [-0.25, -0.2) is 0 Å². The molecule has 1 saturated heterocycles. The molecule has 3 heteroatoms. The summed E-state index contributed by atoms with van der Waals surface area (Å²) >= 11 is 0. The van der Waals surface area contributed by atoms with Crippen LogP contribution >= 0.6 is 0 Å². The van der Waals surface area contributed by atoms with Crippen LogP contribution in [0.4, 0.5) is 0 Å². The maximum Gasteiger partial charge on any atom is 0.306 e. The summed E-state index contributed by atoms with van der Waals surface area (Å²) in [5.41, 5.74) is 0. The summed E-state index contributed by atoms with van der Waals surface area (Å²) < 4.78 is 11.0. The van der Waals surface area contributed by atoms with Crippen LogP contribution in [0.15, 0.2) is 0 Å². The highest BCUT2D eigenvalue weighted by Gasteiger charge is 2.47. The molecule has 1 fully saturated rings. The minimum atomic E-state index is -0.0693. The highest BCUT2D eigenvalue weighted by atomic mass is 16.6. The van der Waals surface area contributed by atoms with E-state index < -0.39 is 0 Å². The van der Waals surface area contributed by atoms with Crippen molar-refractivity contribution in [1.29, 1.82) is 0 Å². The minimum absolute atomic E-state index is 0.0693. The predicted molar refractivity (Wildman–Crippen MR) is 72.3 cm³/mol. The summed E-state index contributed by atoms with van der Waals surface area (Å²) in [6.07, 6.45) is 3.09. The summed E-state index contributed by atoms with van der Waals surface area (Å²) in [5.74, 6) is 1.22. The van der Waals surface area contributed by atoms with Crippen molar-refractivity contribution < 1.29 is 14.3 Å². The molecular weight excluding hydrogens is 228 g/mol. The van der Waals surface area contributed by atoms with Crippen LogP contribution in [0.25, 0.3) is 0 Å². The number of unbranched alkanes of at least 4 members (excludes halogenated alkanes) is 1. The Morgan fingerprint density at radius 2 is 1.89 bits per heavy atom. The average molecular weight is 256 g/mol. The second-order valence-corrected chi connectivity index (χ2v) is 6.00. The highest BCUT2D eigenvalue weighted by molar-refractivity contribution is 5.69. The van der Waals surface area contributed by atoms with Crippen molar-refractivity contribution in [2.45, 2.75) is 66.1 Å². The molecule has 18 heavy (non-hydrogen) atoms. The SMILES string of the molecule is CCCCOC(=O)CC(C(C)C)C1OC1C(C)C. The molecule has 1 rings (SSSR count). The smallest absolute Gasteiger partial charge is 0.306 e. The Balaban J connectivity index is 2.37. The average Bonchev–Trinajstić information content (AvgIpc) is 3.05. The lowest BCUT2D eigenvalue weighted by Crippen LogP contribution is -2.23. The Morgan fingerprint density at radius 3 is 2.33 bits per heavy atom. The van der Waals surface area contributed by atoms with Crippen molar-refractivity contribution in [3.05, 3.63) is 0 Å². The molecule has 1 aliphatic rings. The molecule has 0 aliphatic carbocycles. The number of epoxide rings is 1. The van der Waals surface area contributed by atoms with Gasteiger partial charge in [-0.3, -0.25) is 4.79 Å². The second kappa shape index (κ2) is 7.13. The normalized spacial score (nSPS) is 24.4. The lowest BCUT2D eigenvalue weighted by atomic mass is 9.86. The third kappa shape index (κ3) is 4.60. The van der Waals surface area contributed by atoms with Crippen molar-refractivity contribution in [2.24, 2.45) is 17.8 Å². The molecule has 0 amide bonds. The zero-order valence-electron chi connectivity index (χ0n) is 12.4. The number of hydrogen-bond acceptors (Lipinski definition) is 3. The Labute approximate surface area is 111 Å². The fraction of sp³-hybridized carbons (Fsp3) is 0.933. The summed E-state index contributed by atoms with van der Waals surface area (Å²) in [5, 5.41) is 0. The maximum atomic E-state index is 11.8. The molecule has 1 aliphatic heterocycles. The molecule has 0 N–H and O–H groups in total. The Morgan fingerprint density at radius 1 is 1.22 bits per heavy atom. The quantitative estimate of drug-likeness (QED) is 0.379. The summed E-state index contributed by atoms with van der Waals surface area (Å²) in [4.78, 5) is 11.8. The summed E-state index contributed by atoms with van der Waals surface area (Å²) in [6.45, 7) is 11.3. The fourth-order valence-electron chi connectivity index (χ4n) is 2.33. The minimum Gasteiger partial charge on any atom is -0.466 e. The van der Waals surface area contributed by atoms with Gasteiger partial charge in [0.1, 0.15) is 0 Å². The first-order chi connectivity index (χ1) is 8.47. The van der Waals surface area contributed by atoms with E-state index in [1.807, 2.05) is 0 Å². The van der Waals surface area contributed by atoms with Crippen LogP contribution < -0.4 is 0 Å². The van der Waals surface area contributed by atoms with Crippen LogP contribution in [0.3, 0.4) is 0 Å². The molecule has 0 aromatic rings. The molecule has 3 nitrogen and oxygen atoms in total. The van der Waals surface area contributed by atoms with Gasteiger partial charge in [-0.15, -0.1) is 0 Å². The van der Waals surface area contributed by atoms with E-state index in [0.29, 0.717) is 36.9 Å². The second-order valence-electron chi connectivity index (χ2n) is 6.00. The van der Waals surface area contributed by atoms with E-state index in [1.54, 1.807) is 0 Å². The van der Waals surface area contributed by atoms with Gasteiger partial charge in [-0.05, 0) is 18.3 Å². The molecule has 1 heterocycles. The van der Waals surface area contributed by atoms with Gasteiger partial charge < -0.3 is 9.47 Å². The van der Waals surface area contributed by atoms with Crippen molar-refractivity contribution >= 4 is 5.97 Å². The van der Waals surface area contributed by atoms with Gasteiger partial charge in [0.2, 0.25) is 0 Å². The van der Waals surface area contributed by atoms with E-state index in [1.165, 1.54) is 0 Å². The molecule has 0 spiro atoms. The highest BCUT2D eigenvalue weighted by Crippen LogP contribution is 2.39. The van der Waals surface area contributed by atoms with E-state index in [-0.39, 0.29) is 12.1 Å². The lowest BCUT2D eigenvalue weighted by molar-refractivity contribution is -0.145. The van der Waals surface area contributed by atoms with E-state index in [0.717, 1.165) is 12.8 Å². The Hall–Kier alpha value is -0.570. The lowest BCUT2D eigenvalue weighted by Gasteiger charge is -2.18. The van der Waals surface area contributed by atoms with Crippen molar-refractivity contribution in [3.8, 4) is 0 Å². The molecule has 0 aromatic carbocycles. The van der Waals surface area contributed by atoms with Crippen molar-refractivity contribution in [2.75, 3.05) is 6.61 Å². The zero-order chi connectivity index (χ0) is 13.7. The molecule has 0 radical (unpaired) electrons. The van der Waals surface area contributed by atoms with Crippen LogP contribution in [0.5, 0.6) is 0 Å². The van der Waals surface area contributed by atoms with Gasteiger partial charge in [0.15, 0.2) is 0 Å². The van der Waals surface area contributed by atoms with Gasteiger partial charge in [0.25, 0.3) is 0 Å². The molecule has 3 unspecified atom stereocenters. The summed E-state index contributed by atoms with van der Waals surface area (Å²) in [6, 6.07) is 0. The van der Waals surface area contributed by atoms with Crippen molar-refractivity contribution in [1.82, 2.24) is 0 Å². The third-order valence-corrected chi connectivity index (χ3v) is 3.66. The number of hydrogen-bond donors (Lipinski definition) is 0. The van der Waals surface area contributed by atoms with Crippen LogP contribution in [-0.2, 0) is 14.3 Å². The zero-order valence-corrected chi connectivity index (χ0v) is 12.4. The van der Waals surface area contributed by atoms with E-state index in [9.17, 15) is 4.79 Å². The van der Waals surface area contributed by atoms with E-state index in [4.69, 9.17) is 9.47 Å². The van der Waals surface area contributed by atoms with Gasteiger partial charge in [-0.2, -0.15) is 0 Å². The van der Waals surface area contributed by atoms with Crippen LogP contribution in [0.2, 0.25) is 0 Å². The fourth-order valence-corrected chi connectivity index (χ4v) is 2.33. The number of carbonyl (C=O) groups is 1. The Bertz CT molecular complexity index is 260. The first kappa shape index (κ1) is 15.5. The van der Waals surface area contributed by atoms with E-state index >= 15 is 0 Å². The molecule has 0 aromatic heterocycles. The molecule has 106 valence electrons. The molecule has 0 saturated carbocycles. The van der Waals surface area contributed by atoms with Crippen molar-refractivity contribution in [3.63, 3.8) is 0 Å². The van der Waals surface area contributed by atoms with E-state index in [2.05, 4.69) is 34.6 Å². The monoisotopic (exact) mass is 256 g/mol. The number of rotatable bonds is 8.